The zero-order valence-electron chi connectivity index (χ0n) is 9.45. The van der Waals surface area contributed by atoms with Crippen LogP contribution in [0.5, 0.6) is 5.88 Å². The van der Waals surface area contributed by atoms with Crippen molar-refractivity contribution < 1.29 is 4.74 Å². The van der Waals surface area contributed by atoms with E-state index in [2.05, 4.69) is 15.3 Å². The predicted octanol–water partition coefficient (Wildman–Crippen LogP) is 0.636. The fourth-order valence-electron chi connectivity index (χ4n) is 1.48. The van der Waals surface area contributed by atoms with Crippen LogP contribution in [0, 0.1) is 0 Å². The van der Waals surface area contributed by atoms with Crippen molar-refractivity contribution in [2.24, 2.45) is 0 Å². The molecule has 88 valence electrons. The number of ether oxygens (including phenoxy) is 1. The van der Waals surface area contributed by atoms with Gasteiger partial charge in [-0.3, -0.25) is 4.79 Å². The number of aromatic amines is 1. The number of hydrogen-bond donors (Lipinski definition) is 2. The van der Waals surface area contributed by atoms with E-state index in [9.17, 15) is 4.79 Å². The van der Waals surface area contributed by atoms with Crippen molar-refractivity contribution in [3.05, 3.63) is 22.2 Å². The summed E-state index contributed by atoms with van der Waals surface area (Å²) in [5, 5.41) is 3.14. The number of nitrogens with one attached hydrogen (secondary N) is 2. The molecule has 5 heteroatoms. The molecule has 1 saturated carbocycles. The third-order valence-electron chi connectivity index (χ3n) is 2.48. The molecule has 1 heterocycles. The molecule has 0 amide bonds. The number of aromatic nitrogens is 2. The zero-order valence-corrected chi connectivity index (χ0v) is 9.45. The SMILES string of the molecule is CCNCCOc1cc(=O)[nH]c(C2CC2)n1. The average Bonchev–Trinajstić information content (AvgIpc) is 3.07. The molecule has 16 heavy (non-hydrogen) atoms. The van der Waals surface area contributed by atoms with Crippen LogP contribution in [0.4, 0.5) is 0 Å². The van der Waals surface area contributed by atoms with E-state index in [4.69, 9.17) is 4.74 Å². The highest BCUT2D eigenvalue weighted by Gasteiger charge is 2.26. The van der Waals surface area contributed by atoms with Crippen molar-refractivity contribution in [1.82, 2.24) is 15.3 Å². The number of H-pyrrole nitrogens is 1. The first-order valence-electron chi connectivity index (χ1n) is 5.74. The summed E-state index contributed by atoms with van der Waals surface area (Å²) < 4.78 is 5.41. The summed E-state index contributed by atoms with van der Waals surface area (Å²) in [5.41, 5.74) is -0.129. The smallest absolute Gasteiger partial charge is 0.254 e. The molecule has 1 aliphatic carbocycles. The van der Waals surface area contributed by atoms with Crippen LogP contribution >= 0.6 is 0 Å². The van der Waals surface area contributed by atoms with Crippen molar-refractivity contribution in [3.63, 3.8) is 0 Å². The molecule has 1 aromatic heterocycles. The van der Waals surface area contributed by atoms with Gasteiger partial charge in [0.05, 0.1) is 6.07 Å². The van der Waals surface area contributed by atoms with Gasteiger partial charge in [0.1, 0.15) is 12.4 Å². The molecule has 0 unspecified atom stereocenters. The highest BCUT2D eigenvalue weighted by atomic mass is 16.5. The van der Waals surface area contributed by atoms with Crippen molar-refractivity contribution in [2.75, 3.05) is 19.7 Å². The number of rotatable bonds is 6. The fourth-order valence-corrected chi connectivity index (χ4v) is 1.48. The van der Waals surface area contributed by atoms with E-state index < -0.39 is 0 Å². The lowest BCUT2D eigenvalue weighted by Gasteiger charge is -2.06. The van der Waals surface area contributed by atoms with Crippen LogP contribution in [-0.2, 0) is 0 Å². The Morgan fingerprint density at radius 3 is 3.12 bits per heavy atom. The van der Waals surface area contributed by atoms with Gasteiger partial charge in [0, 0.05) is 12.5 Å². The van der Waals surface area contributed by atoms with Crippen LogP contribution in [0.15, 0.2) is 10.9 Å². The van der Waals surface area contributed by atoms with Crippen molar-refractivity contribution in [3.8, 4) is 5.88 Å². The summed E-state index contributed by atoms with van der Waals surface area (Å²) >= 11 is 0. The minimum atomic E-state index is -0.129. The first-order valence-corrected chi connectivity index (χ1v) is 5.74. The maximum absolute atomic E-state index is 11.3. The molecule has 0 saturated heterocycles. The molecule has 0 bridgehead atoms. The number of hydrogen-bond acceptors (Lipinski definition) is 4. The predicted molar refractivity (Wildman–Crippen MR) is 60.9 cm³/mol. The van der Waals surface area contributed by atoms with Gasteiger partial charge in [-0.25, -0.2) is 0 Å². The molecule has 2 rings (SSSR count). The van der Waals surface area contributed by atoms with Gasteiger partial charge in [-0.2, -0.15) is 4.98 Å². The molecule has 1 fully saturated rings. The molecular formula is C11H17N3O2. The molecule has 0 radical (unpaired) electrons. The molecule has 5 nitrogen and oxygen atoms in total. The lowest BCUT2D eigenvalue weighted by molar-refractivity contribution is 0.301. The average molecular weight is 223 g/mol. The van der Waals surface area contributed by atoms with Gasteiger partial charge in [0.2, 0.25) is 5.88 Å². The fraction of sp³-hybridized carbons (Fsp3) is 0.636. The second-order valence-electron chi connectivity index (χ2n) is 3.95. The molecule has 0 aliphatic heterocycles. The van der Waals surface area contributed by atoms with E-state index in [1.807, 2.05) is 6.92 Å². The van der Waals surface area contributed by atoms with Gasteiger partial charge in [-0.15, -0.1) is 0 Å². The van der Waals surface area contributed by atoms with Gasteiger partial charge in [-0.05, 0) is 19.4 Å². The Labute approximate surface area is 94.2 Å². The third kappa shape index (κ3) is 3.06. The highest BCUT2D eigenvalue weighted by Crippen LogP contribution is 2.37. The van der Waals surface area contributed by atoms with Crippen LogP contribution in [-0.4, -0.2) is 29.7 Å². The molecule has 1 aliphatic rings. The Bertz CT molecular complexity index is 398. The van der Waals surface area contributed by atoms with Gasteiger partial charge in [0.15, 0.2) is 0 Å². The summed E-state index contributed by atoms with van der Waals surface area (Å²) in [6.45, 7) is 4.26. The van der Waals surface area contributed by atoms with Crippen molar-refractivity contribution in [2.45, 2.75) is 25.7 Å². The van der Waals surface area contributed by atoms with E-state index >= 15 is 0 Å². The second kappa shape index (κ2) is 5.12. The minimum absolute atomic E-state index is 0.129. The first-order chi connectivity index (χ1) is 7.79. The monoisotopic (exact) mass is 223 g/mol. The van der Waals surface area contributed by atoms with Crippen molar-refractivity contribution in [1.29, 1.82) is 0 Å². The van der Waals surface area contributed by atoms with E-state index in [-0.39, 0.29) is 5.56 Å². The Morgan fingerprint density at radius 2 is 2.44 bits per heavy atom. The topological polar surface area (TPSA) is 67.0 Å². The second-order valence-corrected chi connectivity index (χ2v) is 3.95. The van der Waals surface area contributed by atoms with Crippen LogP contribution < -0.4 is 15.6 Å². The van der Waals surface area contributed by atoms with Crippen LogP contribution in [0.3, 0.4) is 0 Å². The Hall–Kier alpha value is -1.36. The summed E-state index contributed by atoms with van der Waals surface area (Å²) in [6, 6.07) is 1.40. The zero-order chi connectivity index (χ0) is 11.4. The minimum Gasteiger partial charge on any atom is -0.476 e. The molecule has 0 atom stereocenters. The molecule has 1 aromatic rings. The summed E-state index contributed by atoms with van der Waals surface area (Å²) in [4.78, 5) is 18.4. The number of nitrogens with zero attached hydrogens (tertiary/aromatic N) is 1. The summed E-state index contributed by atoms with van der Waals surface area (Å²) in [6.07, 6.45) is 2.23. The van der Waals surface area contributed by atoms with Gasteiger partial charge in [-0.1, -0.05) is 6.92 Å². The number of likely N-dealkylation sites (N-methyl/N-ethyl adjacent to an activating group) is 1. The Morgan fingerprint density at radius 1 is 1.62 bits per heavy atom. The lowest BCUT2D eigenvalue weighted by atomic mass is 10.4. The van der Waals surface area contributed by atoms with Gasteiger partial charge >= 0.3 is 0 Å². The van der Waals surface area contributed by atoms with Crippen LogP contribution in [0.25, 0.3) is 0 Å². The maximum atomic E-state index is 11.3. The molecule has 2 N–H and O–H groups in total. The summed E-state index contributed by atoms with van der Waals surface area (Å²) in [7, 11) is 0. The van der Waals surface area contributed by atoms with E-state index in [0.29, 0.717) is 18.4 Å². The largest absolute Gasteiger partial charge is 0.476 e. The quantitative estimate of drug-likeness (QED) is 0.694. The maximum Gasteiger partial charge on any atom is 0.254 e. The highest BCUT2D eigenvalue weighted by molar-refractivity contribution is 5.14. The normalized spacial score (nSPS) is 15.1. The van der Waals surface area contributed by atoms with Crippen LogP contribution in [0.1, 0.15) is 31.5 Å². The molecule has 0 spiro atoms. The Kier molecular flexibility index (Phi) is 3.56. The summed E-state index contributed by atoms with van der Waals surface area (Å²) in [5.74, 6) is 1.64. The van der Waals surface area contributed by atoms with E-state index in [0.717, 1.165) is 31.8 Å². The van der Waals surface area contributed by atoms with E-state index in [1.165, 1.54) is 6.07 Å². The lowest BCUT2D eigenvalue weighted by Crippen LogP contribution is -2.21. The first kappa shape index (κ1) is 11.1. The third-order valence-corrected chi connectivity index (χ3v) is 2.48. The Balaban J connectivity index is 1.94. The van der Waals surface area contributed by atoms with E-state index in [1.54, 1.807) is 0 Å². The molecular weight excluding hydrogens is 206 g/mol. The van der Waals surface area contributed by atoms with Crippen LogP contribution in [0.2, 0.25) is 0 Å². The standard InChI is InChI=1S/C11H17N3O2/c1-2-12-5-6-16-10-7-9(15)13-11(14-10)8-3-4-8/h7-8,12H,2-6H2,1H3,(H,13,14,15). The van der Waals surface area contributed by atoms with Gasteiger partial charge < -0.3 is 15.0 Å². The molecule has 0 aromatic carbocycles. The van der Waals surface area contributed by atoms with Gasteiger partial charge in [0.25, 0.3) is 5.56 Å². The van der Waals surface area contributed by atoms with Crippen molar-refractivity contribution >= 4 is 0 Å².